The molecule has 2 amide bonds. The molecular weight excluding hydrogens is 434 g/mol. The number of fused-ring (bicyclic) bond motifs is 1. The van der Waals surface area contributed by atoms with Crippen LogP contribution < -0.4 is 10.1 Å². The Balaban J connectivity index is 1.52. The zero-order valence-electron chi connectivity index (χ0n) is 17.6. The molecule has 2 heterocycles. The number of carbonyl (C=O) groups excluding carboxylic acids is 2. The van der Waals surface area contributed by atoms with Crippen LogP contribution in [0.5, 0.6) is 5.75 Å². The highest BCUT2D eigenvalue weighted by molar-refractivity contribution is 7.99. The van der Waals surface area contributed by atoms with Crippen LogP contribution in [-0.4, -0.2) is 42.9 Å². The van der Waals surface area contributed by atoms with Gasteiger partial charge in [0.2, 0.25) is 5.91 Å². The maximum Gasteiger partial charge on any atom is 0.410 e. The number of nitrogens with one attached hydrogen (secondary N) is 1. The second-order valence-corrected chi connectivity index (χ2v) is 9.14. The standard InChI is InChI=1S/C22H25N3O4S2/c1-3-29-22(27)25-11-10-17-18(13-23)21(31-19(17)14-25)24-20(26)5-4-12-30-16-8-6-15(28-2)7-9-16/h6-9H,3-5,10-12,14H2,1-2H3,(H,24,26). The summed E-state index contributed by atoms with van der Waals surface area (Å²) in [4.78, 5) is 28.1. The van der Waals surface area contributed by atoms with Gasteiger partial charge in [0.05, 0.1) is 25.8 Å². The number of rotatable bonds is 8. The number of hydrogen-bond acceptors (Lipinski definition) is 7. The van der Waals surface area contributed by atoms with Crippen molar-refractivity contribution in [2.24, 2.45) is 0 Å². The third-order valence-corrected chi connectivity index (χ3v) is 7.05. The van der Waals surface area contributed by atoms with E-state index in [1.807, 2.05) is 24.3 Å². The average Bonchev–Trinajstić information content (AvgIpc) is 3.13. The lowest BCUT2D eigenvalue weighted by molar-refractivity contribution is -0.116. The first kappa shape index (κ1) is 23.0. The lowest BCUT2D eigenvalue weighted by Gasteiger charge is -2.25. The van der Waals surface area contributed by atoms with Crippen LogP contribution in [0.2, 0.25) is 0 Å². The molecule has 2 aromatic rings. The lowest BCUT2D eigenvalue weighted by Crippen LogP contribution is -2.35. The van der Waals surface area contributed by atoms with Gasteiger partial charge in [-0.15, -0.1) is 23.1 Å². The van der Waals surface area contributed by atoms with Crippen molar-refractivity contribution in [3.63, 3.8) is 0 Å². The SMILES string of the molecule is CCOC(=O)N1CCc2c(sc(NC(=O)CCCSc3ccc(OC)cc3)c2C#N)C1. The molecule has 0 aliphatic carbocycles. The summed E-state index contributed by atoms with van der Waals surface area (Å²) in [5.74, 6) is 1.54. The number of ether oxygens (including phenoxy) is 2. The van der Waals surface area contributed by atoms with Gasteiger partial charge in [-0.3, -0.25) is 4.79 Å². The predicted octanol–water partition coefficient (Wildman–Crippen LogP) is 4.65. The van der Waals surface area contributed by atoms with E-state index in [2.05, 4.69) is 11.4 Å². The molecule has 164 valence electrons. The van der Waals surface area contributed by atoms with E-state index in [1.165, 1.54) is 11.3 Å². The summed E-state index contributed by atoms with van der Waals surface area (Å²) in [6.45, 7) is 3.01. The molecular formula is C22H25N3O4S2. The monoisotopic (exact) mass is 459 g/mol. The Morgan fingerprint density at radius 2 is 2.10 bits per heavy atom. The summed E-state index contributed by atoms with van der Waals surface area (Å²) in [5, 5.41) is 13.1. The van der Waals surface area contributed by atoms with Gasteiger partial charge in [-0.05, 0) is 55.3 Å². The number of anilines is 1. The maximum atomic E-state index is 12.4. The highest BCUT2D eigenvalue weighted by atomic mass is 32.2. The quantitative estimate of drug-likeness (QED) is 0.456. The number of nitrogens with zero attached hydrogens (tertiary/aromatic N) is 2. The summed E-state index contributed by atoms with van der Waals surface area (Å²) < 4.78 is 10.2. The molecule has 0 atom stereocenters. The van der Waals surface area contributed by atoms with Gasteiger partial charge < -0.3 is 19.7 Å². The van der Waals surface area contributed by atoms with Crippen LogP contribution in [0, 0.1) is 11.3 Å². The second-order valence-electron chi connectivity index (χ2n) is 6.87. The van der Waals surface area contributed by atoms with Gasteiger partial charge in [-0.1, -0.05) is 0 Å². The molecule has 0 unspecified atom stereocenters. The molecule has 1 aliphatic heterocycles. The molecule has 0 spiro atoms. The molecule has 1 aromatic carbocycles. The van der Waals surface area contributed by atoms with Crippen molar-refractivity contribution in [1.82, 2.24) is 4.90 Å². The van der Waals surface area contributed by atoms with Gasteiger partial charge in [0, 0.05) is 22.7 Å². The highest BCUT2D eigenvalue weighted by Gasteiger charge is 2.28. The molecule has 1 aromatic heterocycles. The zero-order valence-corrected chi connectivity index (χ0v) is 19.2. The molecule has 0 saturated heterocycles. The fourth-order valence-corrected chi connectivity index (χ4v) is 5.35. The Bertz CT molecular complexity index is 966. The van der Waals surface area contributed by atoms with Gasteiger partial charge in [-0.2, -0.15) is 5.26 Å². The number of amides is 2. The molecule has 1 aliphatic rings. The van der Waals surface area contributed by atoms with E-state index in [1.54, 1.807) is 30.7 Å². The Hall–Kier alpha value is -2.70. The summed E-state index contributed by atoms with van der Waals surface area (Å²) in [7, 11) is 1.64. The zero-order chi connectivity index (χ0) is 22.2. The number of nitriles is 1. The molecule has 31 heavy (non-hydrogen) atoms. The predicted molar refractivity (Wildman–Crippen MR) is 122 cm³/mol. The smallest absolute Gasteiger partial charge is 0.410 e. The van der Waals surface area contributed by atoms with Crippen molar-refractivity contribution >= 4 is 40.1 Å². The van der Waals surface area contributed by atoms with E-state index in [-0.39, 0.29) is 12.0 Å². The van der Waals surface area contributed by atoms with Gasteiger partial charge in [0.15, 0.2) is 0 Å². The minimum absolute atomic E-state index is 0.104. The van der Waals surface area contributed by atoms with E-state index in [0.717, 1.165) is 33.3 Å². The van der Waals surface area contributed by atoms with Crippen molar-refractivity contribution in [2.45, 2.75) is 37.6 Å². The number of methoxy groups -OCH3 is 1. The normalized spacial score (nSPS) is 12.6. The van der Waals surface area contributed by atoms with Gasteiger partial charge in [-0.25, -0.2) is 4.79 Å². The van der Waals surface area contributed by atoms with Gasteiger partial charge >= 0.3 is 6.09 Å². The van der Waals surface area contributed by atoms with Gasteiger partial charge in [0.1, 0.15) is 16.8 Å². The first-order valence-corrected chi connectivity index (χ1v) is 11.9. The Morgan fingerprint density at radius 1 is 1.32 bits per heavy atom. The molecule has 0 bridgehead atoms. The minimum atomic E-state index is -0.347. The number of hydrogen-bond donors (Lipinski definition) is 1. The molecule has 0 saturated carbocycles. The van der Waals surface area contributed by atoms with Gasteiger partial charge in [0.25, 0.3) is 0 Å². The van der Waals surface area contributed by atoms with Crippen LogP contribution in [0.3, 0.4) is 0 Å². The number of benzene rings is 1. The number of thiophene rings is 1. The number of carbonyl (C=O) groups is 2. The third-order valence-electron chi connectivity index (χ3n) is 4.82. The summed E-state index contributed by atoms with van der Waals surface area (Å²) in [6, 6.07) is 10.1. The van der Waals surface area contributed by atoms with Crippen LogP contribution in [0.15, 0.2) is 29.2 Å². The molecule has 0 radical (unpaired) electrons. The highest BCUT2D eigenvalue weighted by Crippen LogP contribution is 2.37. The van der Waals surface area contributed by atoms with Crippen molar-refractivity contribution in [1.29, 1.82) is 5.26 Å². The maximum absolute atomic E-state index is 12.4. The van der Waals surface area contributed by atoms with Crippen LogP contribution in [-0.2, 0) is 22.5 Å². The minimum Gasteiger partial charge on any atom is -0.497 e. The first-order chi connectivity index (χ1) is 15.0. The van der Waals surface area contributed by atoms with Crippen molar-refractivity contribution < 1.29 is 19.1 Å². The van der Waals surface area contributed by atoms with Crippen molar-refractivity contribution in [3.8, 4) is 11.8 Å². The van der Waals surface area contributed by atoms with Crippen LogP contribution in [0.4, 0.5) is 9.80 Å². The Labute approximate surface area is 190 Å². The van der Waals surface area contributed by atoms with Crippen LogP contribution in [0.1, 0.15) is 35.8 Å². The molecule has 7 nitrogen and oxygen atoms in total. The third kappa shape index (κ3) is 5.93. The summed E-state index contributed by atoms with van der Waals surface area (Å²) in [5.41, 5.74) is 1.45. The first-order valence-electron chi connectivity index (χ1n) is 10.1. The van der Waals surface area contributed by atoms with Crippen LogP contribution in [0.25, 0.3) is 0 Å². The fourth-order valence-electron chi connectivity index (χ4n) is 3.26. The van der Waals surface area contributed by atoms with E-state index in [9.17, 15) is 14.9 Å². The Morgan fingerprint density at radius 3 is 2.77 bits per heavy atom. The average molecular weight is 460 g/mol. The molecule has 3 rings (SSSR count). The van der Waals surface area contributed by atoms with E-state index in [4.69, 9.17) is 9.47 Å². The molecule has 1 N–H and O–H groups in total. The second kappa shape index (κ2) is 11.1. The van der Waals surface area contributed by atoms with E-state index < -0.39 is 0 Å². The van der Waals surface area contributed by atoms with Crippen molar-refractivity contribution in [2.75, 3.05) is 31.3 Å². The largest absolute Gasteiger partial charge is 0.497 e. The molecule has 0 fully saturated rings. The number of thioether (sulfide) groups is 1. The summed E-state index contributed by atoms with van der Waals surface area (Å²) >= 11 is 3.06. The van der Waals surface area contributed by atoms with E-state index >= 15 is 0 Å². The topological polar surface area (TPSA) is 91.7 Å². The Kier molecular flexibility index (Phi) is 8.20. The van der Waals surface area contributed by atoms with Crippen LogP contribution >= 0.6 is 23.1 Å². The van der Waals surface area contributed by atoms with E-state index in [0.29, 0.717) is 43.1 Å². The fraction of sp³-hybridized carbons (Fsp3) is 0.409. The molecule has 9 heteroatoms. The lowest BCUT2D eigenvalue weighted by atomic mass is 10.0. The summed E-state index contributed by atoms with van der Waals surface area (Å²) in [6.07, 6.45) is 1.35. The van der Waals surface area contributed by atoms with Crippen molar-refractivity contribution in [3.05, 3.63) is 40.3 Å².